The van der Waals surface area contributed by atoms with E-state index in [4.69, 9.17) is 12.2 Å². The Morgan fingerprint density at radius 3 is 2.39 bits per heavy atom. The van der Waals surface area contributed by atoms with E-state index in [0.717, 1.165) is 33.5 Å². The molecule has 2 aromatic rings. The van der Waals surface area contributed by atoms with Gasteiger partial charge >= 0.3 is 0 Å². The van der Waals surface area contributed by atoms with E-state index in [0.29, 0.717) is 4.91 Å². The van der Waals surface area contributed by atoms with E-state index in [9.17, 15) is 14.7 Å². The molecule has 0 aromatic heterocycles. The van der Waals surface area contributed by atoms with Gasteiger partial charge in [0.15, 0.2) is 0 Å². The van der Waals surface area contributed by atoms with Crippen LogP contribution >= 0.6 is 24.0 Å². The third-order valence-electron chi connectivity index (χ3n) is 4.39. The Labute approximate surface area is 173 Å². The molecule has 28 heavy (non-hydrogen) atoms. The van der Waals surface area contributed by atoms with Crippen molar-refractivity contribution in [1.82, 2.24) is 4.90 Å². The number of carbonyl (C=O) groups is 2. The van der Waals surface area contributed by atoms with Crippen molar-refractivity contribution in [3.8, 4) is 0 Å². The zero-order valence-corrected chi connectivity index (χ0v) is 17.1. The SMILES string of the molecule is CN(C)c1ccc(/C=C2/SC(=S)N([C@H](Cc3ccccc3)C(=O)[O-])C2=O)cc1. The first-order valence-corrected chi connectivity index (χ1v) is 9.88. The van der Waals surface area contributed by atoms with Gasteiger partial charge in [0, 0.05) is 19.8 Å². The Hall–Kier alpha value is -2.64. The highest BCUT2D eigenvalue weighted by molar-refractivity contribution is 8.26. The molecule has 144 valence electrons. The molecule has 5 nitrogen and oxygen atoms in total. The number of anilines is 1. The first kappa shape index (κ1) is 20.1. The van der Waals surface area contributed by atoms with Crippen LogP contribution in [0.15, 0.2) is 59.5 Å². The van der Waals surface area contributed by atoms with Crippen LogP contribution in [0.3, 0.4) is 0 Å². The summed E-state index contributed by atoms with van der Waals surface area (Å²) in [7, 11) is 3.90. The Morgan fingerprint density at radius 1 is 1.18 bits per heavy atom. The van der Waals surface area contributed by atoms with Crippen molar-refractivity contribution in [2.45, 2.75) is 12.5 Å². The summed E-state index contributed by atoms with van der Waals surface area (Å²) in [5.74, 6) is -1.73. The Balaban J connectivity index is 1.84. The molecule has 3 rings (SSSR count). The van der Waals surface area contributed by atoms with Gasteiger partial charge in [0.2, 0.25) is 0 Å². The van der Waals surface area contributed by atoms with Gasteiger partial charge in [-0.2, -0.15) is 0 Å². The number of hydrogen-bond donors (Lipinski definition) is 0. The second-order valence-electron chi connectivity index (χ2n) is 6.56. The monoisotopic (exact) mass is 411 g/mol. The number of rotatable bonds is 6. The normalized spacial score (nSPS) is 16.5. The topological polar surface area (TPSA) is 63.7 Å². The number of amides is 1. The molecule has 2 aromatic carbocycles. The summed E-state index contributed by atoms with van der Waals surface area (Å²) in [6.07, 6.45) is 1.87. The van der Waals surface area contributed by atoms with E-state index in [1.165, 1.54) is 0 Å². The lowest BCUT2D eigenvalue weighted by atomic mass is 10.0. The van der Waals surface area contributed by atoms with Gasteiger partial charge in [0.25, 0.3) is 5.91 Å². The molecule has 1 amide bonds. The van der Waals surface area contributed by atoms with Gasteiger partial charge in [-0.3, -0.25) is 9.69 Å². The van der Waals surface area contributed by atoms with Crippen LogP contribution in [0, 0.1) is 0 Å². The summed E-state index contributed by atoms with van der Waals surface area (Å²) in [5, 5.41) is 11.8. The standard InChI is InChI=1S/C21H20N2O3S2/c1-22(2)16-10-8-15(9-11-16)13-18-19(24)23(21(27)28-18)17(20(25)26)12-14-6-4-3-5-7-14/h3-11,13,17H,12H2,1-2H3,(H,25,26)/p-1/b18-13+/t17-/m1/s1. The number of aliphatic carboxylic acids is 1. The lowest BCUT2D eigenvalue weighted by molar-refractivity contribution is -0.310. The van der Waals surface area contributed by atoms with Crippen molar-refractivity contribution in [2.75, 3.05) is 19.0 Å². The Kier molecular flexibility index (Phi) is 6.16. The van der Waals surface area contributed by atoms with Crippen LogP contribution in [-0.2, 0) is 16.0 Å². The van der Waals surface area contributed by atoms with E-state index in [2.05, 4.69) is 0 Å². The first-order chi connectivity index (χ1) is 13.4. The number of carboxylic acids is 1. The van der Waals surface area contributed by atoms with Gasteiger partial charge in [-0.05, 0) is 35.8 Å². The van der Waals surface area contributed by atoms with Gasteiger partial charge in [-0.25, -0.2) is 0 Å². The molecule has 0 spiro atoms. The van der Waals surface area contributed by atoms with Gasteiger partial charge in [-0.1, -0.05) is 66.4 Å². The number of thiocarbonyl (C=S) groups is 1. The fraction of sp³-hybridized carbons (Fsp3) is 0.190. The lowest BCUT2D eigenvalue weighted by Crippen LogP contribution is -2.51. The van der Waals surface area contributed by atoms with Crippen molar-refractivity contribution in [1.29, 1.82) is 0 Å². The molecule has 7 heteroatoms. The third-order valence-corrected chi connectivity index (χ3v) is 5.72. The van der Waals surface area contributed by atoms with Crippen LogP contribution in [0.2, 0.25) is 0 Å². The maximum absolute atomic E-state index is 12.9. The third kappa shape index (κ3) is 4.43. The van der Waals surface area contributed by atoms with Crippen LogP contribution < -0.4 is 10.0 Å². The number of nitrogens with zero attached hydrogens (tertiary/aromatic N) is 2. The molecule has 0 saturated carbocycles. The molecule has 1 fully saturated rings. The average Bonchev–Trinajstić information content (AvgIpc) is 2.94. The van der Waals surface area contributed by atoms with Crippen molar-refractivity contribution in [3.05, 3.63) is 70.6 Å². The van der Waals surface area contributed by atoms with Gasteiger partial charge < -0.3 is 14.8 Å². The zero-order valence-electron chi connectivity index (χ0n) is 15.5. The van der Waals surface area contributed by atoms with Gasteiger partial charge in [-0.15, -0.1) is 0 Å². The number of carbonyl (C=O) groups excluding carboxylic acids is 2. The smallest absolute Gasteiger partial charge is 0.266 e. The van der Waals surface area contributed by atoms with Crippen LogP contribution in [0.5, 0.6) is 0 Å². The quantitative estimate of drug-likeness (QED) is 0.537. The fourth-order valence-electron chi connectivity index (χ4n) is 2.89. The highest BCUT2D eigenvalue weighted by Crippen LogP contribution is 2.34. The summed E-state index contributed by atoms with van der Waals surface area (Å²) in [6, 6.07) is 15.7. The largest absolute Gasteiger partial charge is 0.548 e. The van der Waals surface area contributed by atoms with Crippen LogP contribution in [-0.4, -0.2) is 41.2 Å². The van der Waals surface area contributed by atoms with Crippen molar-refractivity contribution < 1.29 is 14.7 Å². The predicted octanol–water partition coefficient (Wildman–Crippen LogP) is 2.31. The summed E-state index contributed by atoms with van der Waals surface area (Å²) < 4.78 is 0.228. The maximum atomic E-state index is 12.9. The summed E-state index contributed by atoms with van der Waals surface area (Å²) in [4.78, 5) is 28.2. The fourth-order valence-corrected chi connectivity index (χ4v) is 4.24. The van der Waals surface area contributed by atoms with E-state index in [1.807, 2.05) is 73.6 Å². The van der Waals surface area contributed by atoms with Gasteiger partial charge in [0.1, 0.15) is 4.32 Å². The number of benzene rings is 2. The molecule has 0 unspecified atom stereocenters. The number of carboxylic acid groups (broad SMARTS) is 1. The average molecular weight is 412 g/mol. The van der Waals surface area contributed by atoms with E-state index in [1.54, 1.807) is 6.08 Å². The van der Waals surface area contributed by atoms with Crippen molar-refractivity contribution in [2.24, 2.45) is 0 Å². The molecule has 0 bridgehead atoms. The van der Waals surface area contributed by atoms with Crippen molar-refractivity contribution >= 4 is 51.9 Å². The van der Waals surface area contributed by atoms with Crippen LogP contribution in [0.1, 0.15) is 11.1 Å². The second-order valence-corrected chi connectivity index (χ2v) is 8.24. The highest BCUT2D eigenvalue weighted by atomic mass is 32.2. The first-order valence-electron chi connectivity index (χ1n) is 8.66. The number of thioether (sulfide) groups is 1. The minimum Gasteiger partial charge on any atom is -0.548 e. The maximum Gasteiger partial charge on any atom is 0.266 e. The molecule has 0 radical (unpaired) electrons. The molecule has 1 saturated heterocycles. The second kappa shape index (κ2) is 8.58. The molecule has 0 N–H and O–H groups in total. The Bertz CT molecular complexity index is 924. The zero-order chi connectivity index (χ0) is 20.3. The lowest BCUT2D eigenvalue weighted by Gasteiger charge is -2.27. The molecule has 1 aliphatic heterocycles. The Morgan fingerprint density at radius 2 is 1.82 bits per heavy atom. The summed E-state index contributed by atoms with van der Waals surface area (Å²) in [5.41, 5.74) is 2.69. The van der Waals surface area contributed by atoms with Gasteiger partial charge in [0.05, 0.1) is 16.9 Å². The molecular weight excluding hydrogens is 392 g/mol. The number of hydrogen-bond acceptors (Lipinski definition) is 6. The van der Waals surface area contributed by atoms with E-state index < -0.39 is 17.9 Å². The minimum absolute atomic E-state index is 0.139. The van der Waals surface area contributed by atoms with Crippen LogP contribution in [0.25, 0.3) is 6.08 Å². The molecule has 1 atom stereocenters. The highest BCUT2D eigenvalue weighted by Gasteiger charge is 2.37. The van der Waals surface area contributed by atoms with Crippen molar-refractivity contribution in [3.63, 3.8) is 0 Å². The van der Waals surface area contributed by atoms with Crippen LogP contribution in [0.4, 0.5) is 5.69 Å². The summed E-state index contributed by atoms with van der Waals surface area (Å²) >= 11 is 6.42. The molecular formula is C21H19N2O3S2-. The summed E-state index contributed by atoms with van der Waals surface area (Å²) in [6.45, 7) is 0. The minimum atomic E-state index is -1.32. The molecule has 1 aliphatic rings. The molecule has 0 aliphatic carbocycles. The predicted molar refractivity (Wildman–Crippen MR) is 115 cm³/mol. The van der Waals surface area contributed by atoms with E-state index >= 15 is 0 Å². The van der Waals surface area contributed by atoms with E-state index in [-0.39, 0.29) is 10.7 Å². The molecule has 1 heterocycles.